The number of ether oxygens (including phenoxy) is 2. The highest BCUT2D eigenvalue weighted by atomic mass is 32.2. The summed E-state index contributed by atoms with van der Waals surface area (Å²) in [5.74, 6) is 0.390. The molecule has 0 spiro atoms. The molecule has 2 aliphatic heterocycles. The van der Waals surface area contributed by atoms with E-state index in [0.717, 1.165) is 17.7 Å². The third-order valence-electron chi connectivity index (χ3n) is 5.58. The van der Waals surface area contributed by atoms with Crippen molar-refractivity contribution in [3.05, 3.63) is 53.6 Å². The smallest absolute Gasteiger partial charge is 0.265 e. The molecule has 4 rings (SSSR count). The first-order valence-electron chi connectivity index (χ1n) is 10.1. The Bertz CT molecular complexity index is 1050. The van der Waals surface area contributed by atoms with E-state index in [-0.39, 0.29) is 23.5 Å². The molecule has 0 bridgehead atoms. The molecule has 2 aromatic carbocycles. The molecule has 2 aromatic rings. The zero-order valence-electron chi connectivity index (χ0n) is 17.2. The Balaban J connectivity index is 1.45. The van der Waals surface area contributed by atoms with Crippen LogP contribution in [0.25, 0.3) is 0 Å². The van der Waals surface area contributed by atoms with Gasteiger partial charge in [-0.15, -0.1) is 0 Å². The molecule has 160 valence electrons. The van der Waals surface area contributed by atoms with Gasteiger partial charge in [-0.1, -0.05) is 18.2 Å². The van der Waals surface area contributed by atoms with Crippen molar-refractivity contribution in [3.63, 3.8) is 0 Å². The predicted octanol–water partition coefficient (Wildman–Crippen LogP) is 2.37. The summed E-state index contributed by atoms with van der Waals surface area (Å²) in [6.07, 6.45) is 0.828. The Morgan fingerprint density at radius 1 is 1.17 bits per heavy atom. The first-order valence-corrected chi connectivity index (χ1v) is 11.5. The molecule has 7 nitrogen and oxygen atoms in total. The average Bonchev–Trinajstić information content (AvgIpc) is 3.09. The lowest BCUT2D eigenvalue weighted by Gasteiger charge is -2.26. The number of morpholine rings is 1. The van der Waals surface area contributed by atoms with Crippen molar-refractivity contribution in [2.75, 3.05) is 37.8 Å². The van der Waals surface area contributed by atoms with Crippen LogP contribution >= 0.6 is 0 Å². The lowest BCUT2D eigenvalue weighted by atomic mass is 10.1. The van der Waals surface area contributed by atoms with Crippen molar-refractivity contribution < 1.29 is 22.7 Å². The molecular formula is C22H26N2O5S. The zero-order valence-corrected chi connectivity index (χ0v) is 18.0. The first kappa shape index (κ1) is 20.8. The van der Waals surface area contributed by atoms with Crippen molar-refractivity contribution in [2.24, 2.45) is 0 Å². The van der Waals surface area contributed by atoms with Gasteiger partial charge in [0.1, 0.15) is 5.75 Å². The van der Waals surface area contributed by atoms with Gasteiger partial charge in [0.2, 0.25) is 10.0 Å². The maximum atomic E-state index is 12.8. The summed E-state index contributed by atoms with van der Waals surface area (Å²) in [5, 5.41) is 0. The number of anilines is 1. The second kappa shape index (κ2) is 8.37. The van der Waals surface area contributed by atoms with Crippen LogP contribution in [-0.2, 0) is 26.0 Å². The van der Waals surface area contributed by atoms with E-state index in [1.165, 1.54) is 10.4 Å². The van der Waals surface area contributed by atoms with Crippen LogP contribution in [0.4, 0.5) is 5.69 Å². The van der Waals surface area contributed by atoms with Gasteiger partial charge in [-0.2, -0.15) is 4.31 Å². The monoisotopic (exact) mass is 430 g/mol. The third-order valence-corrected chi connectivity index (χ3v) is 7.48. The number of hydrogen-bond acceptors (Lipinski definition) is 5. The second-order valence-corrected chi connectivity index (χ2v) is 9.62. The molecule has 8 heteroatoms. The number of hydrogen-bond donors (Lipinski definition) is 0. The normalized spacial score (nSPS) is 19.5. The number of carbonyl (C=O) groups excluding carboxylic acids is 1. The first-order chi connectivity index (χ1) is 14.4. The minimum absolute atomic E-state index is 0.0839. The molecule has 1 amide bonds. The molecule has 2 aliphatic rings. The van der Waals surface area contributed by atoms with E-state index in [4.69, 9.17) is 9.47 Å². The van der Waals surface area contributed by atoms with Crippen LogP contribution in [0.1, 0.15) is 18.1 Å². The predicted molar refractivity (Wildman–Crippen MR) is 113 cm³/mol. The molecule has 0 aromatic heterocycles. The summed E-state index contributed by atoms with van der Waals surface area (Å²) >= 11 is 0. The lowest BCUT2D eigenvalue weighted by Crippen LogP contribution is -2.40. The van der Waals surface area contributed by atoms with Crippen LogP contribution in [0, 0.1) is 6.92 Å². The van der Waals surface area contributed by atoms with Crippen LogP contribution in [0.2, 0.25) is 0 Å². The fourth-order valence-corrected chi connectivity index (χ4v) is 5.53. The fourth-order valence-electron chi connectivity index (χ4n) is 4.03. The zero-order chi connectivity index (χ0) is 21.3. The Morgan fingerprint density at radius 3 is 2.63 bits per heavy atom. The molecule has 1 saturated heterocycles. The van der Waals surface area contributed by atoms with Gasteiger partial charge in [-0.25, -0.2) is 8.42 Å². The van der Waals surface area contributed by atoms with Crippen molar-refractivity contribution in [1.82, 2.24) is 4.31 Å². The maximum absolute atomic E-state index is 12.8. The number of para-hydroxylation sites is 1. The Labute approximate surface area is 177 Å². The van der Waals surface area contributed by atoms with Crippen molar-refractivity contribution in [2.45, 2.75) is 31.2 Å². The van der Waals surface area contributed by atoms with Crippen LogP contribution in [0.15, 0.2) is 47.4 Å². The molecule has 0 aliphatic carbocycles. The van der Waals surface area contributed by atoms with Gasteiger partial charge in [-0.05, 0) is 55.7 Å². The summed E-state index contributed by atoms with van der Waals surface area (Å²) in [6, 6.07) is 12.7. The molecular weight excluding hydrogens is 404 g/mol. The van der Waals surface area contributed by atoms with E-state index >= 15 is 0 Å². The second-order valence-electron chi connectivity index (χ2n) is 7.68. The summed E-state index contributed by atoms with van der Waals surface area (Å²) < 4.78 is 38.1. The van der Waals surface area contributed by atoms with E-state index in [1.807, 2.05) is 31.2 Å². The topological polar surface area (TPSA) is 76.1 Å². The molecule has 0 radical (unpaired) electrons. The van der Waals surface area contributed by atoms with Crippen LogP contribution in [-0.4, -0.2) is 57.6 Å². The van der Waals surface area contributed by atoms with E-state index in [1.54, 1.807) is 24.0 Å². The quantitative estimate of drug-likeness (QED) is 0.728. The van der Waals surface area contributed by atoms with Crippen molar-refractivity contribution >= 4 is 21.6 Å². The maximum Gasteiger partial charge on any atom is 0.265 e. The molecule has 1 fully saturated rings. The highest BCUT2D eigenvalue weighted by Crippen LogP contribution is 2.32. The molecule has 0 N–H and O–H groups in total. The fraction of sp³-hybridized carbons (Fsp3) is 0.409. The van der Waals surface area contributed by atoms with E-state index in [2.05, 4.69) is 0 Å². The highest BCUT2D eigenvalue weighted by molar-refractivity contribution is 7.89. The molecule has 0 unspecified atom stereocenters. The number of nitrogens with zero attached hydrogens (tertiary/aromatic N) is 2. The van der Waals surface area contributed by atoms with Crippen LogP contribution < -0.4 is 9.64 Å². The Kier molecular flexibility index (Phi) is 5.81. The van der Waals surface area contributed by atoms with Gasteiger partial charge in [0.15, 0.2) is 6.61 Å². The Morgan fingerprint density at radius 2 is 1.90 bits per heavy atom. The number of fused-ring (bicyclic) bond motifs is 1. The standard InChI is InChI=1S/C22H26N2O5S/c1-16-13-19(30(26,27)23-9-11-28-12-10-23)7-8-21(16)29-15-22(25)24-17(2)14-18-5-3-4-6-20(18)24/h3-8,13,17H,9-12,14-15H2,1-2H3/t17-/m0/s1. The van der Waals surface area contributed by atoms with Gasteiger partial charge < -0.3 is 14.4 Å². The minimum Gasteiger partial charge on any atom is -0.483 e. The number of sulfonamides is 1. The Hall–Kier alpha value is -2.42. The van der Waals surface area contributed by atoms with Crippen LogP contribution in [0.5, 0.6) is 5.75 Å². The molecule has 2 heterocycles. The summed E-state index contributed by atoms with van der Waals surface area (Å²) in [5.41, 5.74) is 2.77. The van der Waals surface area contributed by atoms with E-state index in [0.29, 0.717) is 37.6 Å². The SMILES string of the molecule is Cc1cc(S(=O)(=O)N2CCOCC2)ccc1OCC(=O)N1c2ccccc2C[C@@H]1C. The lowest BCUT2D eigenvalue weighted by molar-refractivity contribution is -0.120. The van der Waals surface area contributed by atoms with Gasteiger partial charge in [0.05, 0.1) is 18.1 Å². The number of aryl methyl sites for hydroxylation is 1. The van der Waals surface area contributed by atoms with Crippen LogP contribution in [0.3, 0.4) is 0 Å². The molecule has 1 atom stereocenters. The molecule has 30 heavy (non-hydrogen) atoms. The van der Waals surface area contributed by atoms with Gasteiger partial charge in [0.25, 0.3) is 5.91 Å². The van der Waals surface area contributed by atoms with Gasteiger partial charge in [0, 0.05) is 24.8 Å². The average molecular weight is 431 g/mol. The largest absolute Gasteiger partial charge is 0.483 e. The third kappa shape index (κ3) is 3.95. The summed E-state index contributed by atoms with van der Waals surface area (Å²) in [4.78, 5) is 14.8. The number of carbonyl (C=O) groups is 1. The summed E-state index contributed by atoms with van der Waals surface area (Å²) in [6.45, 7) is 5.21. The van der Waals surface area contributed by atoms with E-state index in [9.17, 15) is 13.2 Å². The van der Waals surface area contributed by atoms with Crippen molar-refractivity contribution in [1.29, 1.82) is 0 Å². The number of amides is 1. The minimum atomic E-state index is -3.56. The van der Waals surface area contributed by atoms with Gasteiger partial charge in [-0.3, -0.25) is 4.79 Å². The highest BCUT2D eigenvalue weighted by Gasteiger charge is 2.31. The van der Waals surface area contributed by atoms with Gasteiger partial charge >= 0.3 is 0 Å². The van der Waals surface area contributed by atoms with Crippen molar-refractivity contribution in [3.8, 4) is 5.75 Å². The summed E-state index contributed by atoms with van der Waals surface area (Å²) in [7, 11) is -3.56. The molecule has 0 saturated carbocycles. The number of rotatable bonds is 5. The van der Waals surface area contributed by atoms with E-state index < -0.39 is 10.0 Å². The number of benzene rings is 2.